The first kappa shape index (κ1) is 36.3. The lowest BCUT2D eigenvalue weighted by molar-refractivity contribution is 0.578. The number of nitrogens with zero attached hydrogens (tertiary/aromatic N) is 1. The summed E-state index contributed by atoms with van der Waals surface area (Å²) in [7, 11) is 0. The first-order valence-corrected chi connectivity index (χ1v) is 19.5. The van der Waals surface area contributed by atoms with E-state index in [2.05, 4.69) is 199 Å². The normalized spacial score (nSPS) is 14.4. The van der Waals surface area contributed by atoms with Gasteiger partial charge in [0.25, 0.3) is 0 Å². The summed E-state index contributed by atoms with van der Waals surface area (Å²) in [6.45, 7) is 35.1. The molecule has 0 atom stereocenters. The minimum Gasteiger partial charge on any atom is -0.309 e. The van der Waals surface area contributed by atoms with Crippen LogP contribution in [0.2, 0.25) is 0 Å². The summed E-state index contributed by atoms with van der Waals surface area (Å²) in [5.41, 5.74) is 17.9. The second kappa shape index (κ2) is 11.7. The largest absolute Gasteiger partial charge is 0.309 e. The lowest BCUT2D eigenvalue weighted by Crippen LogP contribution is -2.20. The molecule has 1 aliphatic rings. The van der Waals surface area contributed by atoms with E-state index >= 15 is 0 Å². The highest BCUT2D eigenvalue weighted by molar-refractivity contribution is 6.10. The average molecular weight is 688 g/mol. The molecular formula is C51H61N. The Balaban J connectivity index is 1.56. The molecule has 1 heteroatoms. The zero-order valence-corrected chi connectivity index (χ0v) is 34.7. The second-order valence-corrected chi connectivity index (χ2v) is 20.8. The molecular weight excluding hydrogens is 627 g/mol. The quantitative estimate of drug-likeness (QED) is 0.170. The van der Waals surface area contributed by atoms with Crippen molar-refractivity contribution in [2.45, 2.75) is 137 Å². The molecule has 0 unspecified atom stereocenters. The van der Waals surface area contributed by atoms with E-state index in [0.29, 0.717) is 0 Å². The van der Waals surface area contributed by atoms with Gasteiger partial charge in [-0.3, -0.25) is 0 Å². The second-order valence-electron chi connectivity index (χ2n) is 20.8. The van der Waals surface area contributed by atoms with E-state index in [-0.39, 0.29) is 33.0 Å². The van der Waals surface area contributed by atoms with Crippen molar-refractivity contribution in [2.75, 3.05) is 0 Å². The Bertz CT molecular complexity index is 2220. The standard InChI is InChI=1S/C51H61N/c1-47(2,3)31-19-23-35-38(27-31)39-28-32(48(4,5)6)20-24-36(39)45(35)37-17-16-18-44(46(37)51(13,14)15)52-42-25-21-33(49(7,8)9)29-40(42)41-30-34(50(10,11)12)22-26-43(41)52/h16-30,45H,1-15H3. The van der Waals surface area contributed by atoms with Crippen LogP contribution in [0.5, 0.6) is 0 Å². The maximum Gasteiger partial charge on any atom is 0.0541 e. The van der Waals surface area contributed by atoms with Crippen LogP contribution in [0, 0.1) is 0 Å². The third kappa shape index (κ3) is 6.03. The van der Waals surface area contributed by atoms with E-state index in [9.17, 15) is 0 Å². The predicted molar refractivity (Wildman–Crippen MR) is 227 cm³/mol. The molecule has 1 heterocycles. The van der Waals surface area contributed by atoms with Gasteiger partial charge in [-0.25, -0.2) is 0 Å². The molecule has 6 aromatic rings. The summed E-state index contributed by atoms with van der Waals surface area (Å²) in [4.78, 5) is 0. The van der Waals surface area contributed by atoms with Gasteiger partial charge in [0.15, 0.2) is 0 Å². The predicted octanol–water partition coefficient (Wildman–Crippen LogP) is 14.4. The van der Waals surface area contributed by atoms with Crippen molar-refractivity contribution in [3.05, 3.63) is 136 Å². The first-order valence-electron chi connectivity index (χ1n) is 19.5. The Labute approximate surface area is 314 Å². The summed E-state index contributed by atoms with van der Waals surface area (Å²) in [6.07, 6.45) is 0. The van der Waals surface area contributed by atoms with Crippen molar-refractivity contribution in [1.29, 1.82) is 0 Å². The highest BCUT2D eigenvalue weighted by Crippen LogP contribution is 2.53. The number of rotatable bonds is 2. The Hall–Kier alpha value is -4.10. The highest BCUT2D eigenvalue weighted by Gasteiger charge is 2.37. The molecule has 270 valence electrons. The summed E-state index contributed by atoms with van der Waals surface area (Å²) in [5, 5.41) is 2.67. The smallest absolute Gasteiger partial charge is 0.0541 e. The average Bonchev–Trinajstić information content (AvgIpc) is 3.53. The van der Waals surface area contributed by atoms with Crippen molar-refractivity contribution in [2.24, 2.45) is 0 Å². The summed E-state index contributed by atoms with van der Waals surface area (Å²) < 4.78 is 2.58. The van der Waals surface area contributed by atoms with Gasteiger partial charge >= 0.3 is 0 Å². The molecule has 1 aromatic heterocycles. The van der Waals surface area contributed by atoms with Crippen LogP contribution < -0.4 is 0 Å². The van der Waals surface area contributed by atoms with Crippen LogP contribution in [-0.4, -0.2) is 4.57 Å². The fourth-order valence-electron chi connectivity index (χ4n) is 8.54. The van der Waals surface area contributed by atoms with Gasteiger partial charge in [-0.1, -0.05) is 165 Å². The van der Waals surface area contributed by atoms with E-state index in [1.807, 2.05) is 0 Å². The van der Waals surface area contributed by atoms with Gasteiger partial charge in [-0.05, 0) is 113 Å². The Morgan fingerprint density at radius 3 is 1.15 bits per heavy atom. The van der Waals surface area contributed by atoms with E-state index in [1.54, 1.807) is 0 Å². The maximum absolute atomic E-state index is 2.58. The Morgan fingerprint density at radius 2 is 0.769 bits per heavy atom. The van der Waals surface area contributed by atoms with E-state index in [0.717, 1.165) is 0 Å². The molecule has 5 aromatic carbocycles. The highest BCUT2D eigenvalue weighted by atomic mass is 15.0. The molecule has 7 rings (SSSR count). The zero-order chi connectivity index (χ0) is 37.9. The molecule has 0 aliphatic heterocycles. The van der Waals surface area contributed by atoms with Gasteiger partial charge in [0, 0.05) is 16.7 Å². The van der Waals surface area contributed by atoms with Crippen LogP contribution >= 0.6 is 0 Å². The molecule has 0 radical (unpaired) electrons. The van der Waals surface area contributed by atoms with Crippen molar-refractivity contribution < 1.29 is 0 Å². The number of fused-ring (bicyclic) bond motifs is 6. The number of benzene rings is 5. The minimum absolute atomic E-state index is 0.0592. The molecule has 52 heavy (non-hydrogen) atoms. The monoisotopic (exact) mass is 687 g/mol. The zero-order valence-electron chi connectivity index (χ0n) is 34.7. The third-order valence-electron chi connectivity index (χ3n) is 11.6. The molecule has 0 N–H and O–H groups in total. The molecule has 0 spiro atoms. The topological polar surface area (TPSA) is 4.93 Å². The van der Waals surface area contributed by atoms with Crippen molar-refractivity contribution in [3.63, 3.8) is 0 Å². The SMILES string of the molecule is CC(C)(C)c1ccc2c(c1)-c1cc(C(C)(C)C)ccc1C2c1cccc(-n2c3ccc(C(C)(C)C)cc3c3cc(C(C)(C)C)ccc32)c1C(C)(C)C. The Kier molecular flexibility index (Phi) is 8.16. The number of aromatic nitrogens is 1. The van der Waals surface area contributed by atoms with Gasteiger partial charge in [0.2, 0.25) is 0 Å². The van der Waals surface area contributed by atoms with Gasteiger partial charge in [0.1, 0.15) is 0 Å². The first-order chi connectivity index (χ1) is 24.0. The number of hydrogen-bond acceptors (Lipinski definition) is 0. The molecule has 1 nitrogen and oxygen atoms in total. The van der Waals surface area contributed by atoms with Crippen molar-refractivity contribution >= 4 is 21.8 Å². The van der Waals surface area contributed by atoms with E-state index < -0.39 is 0 Å². The summed E-state index contributed by atoms with van der Waals surface area (Å²) in [6, 6.07) is 36.2. The molecule has 0 bridgehead atoms. The number of hydrogen-bond donors (Lipinski definition) is 0. The van der Waals surface area contributed by atoms with Crippen LogP contribution in [0.15, 0.2) is 91.0 Å². The van der Waals surface area contributed by atoms with Crippen molar-refractivity contribution in [3.8, 4) is 16.8 Å². The van der Waals surface area contributed by atoms with Crippen LogP contribution in [0.4, 0.5) is 0 Å². The Morgan fingerprint density at radius 1 is 0.385 bits per heavy atom. The molecule has 0 fully saturated rings. The molecule has 0 saturated carbocycles. The van der Waals surface area contributed by atoms with Gasteiger partial charge in [0.05, 0.1) is 16.7 Å². The summed E-state index contributed by atoms with van der Waals surface area (Å²) in [5.74, 6) is 0.148. The van der Waals surface area contributed by atoms with Gasteiger partial charge in [-0.15, -0.1) is 0 Å². The minimum atomic E-state index is -0.120. The van der Waals surface area contributed by atoms with Gasteiger partial charge in [-0.2, -0.15) is 0 Å². The van der Waals surface area contributed by atoms with Crippen molar-refractivity contribution in [1.82, 2.24) is 4.57 Å². The molecule has 1 aliphatic carbocycles. The fraction of sp³-hybridized carbons (Fsp3) is 0.412. The van der Waals surface area contributed by atoms with Crippen LogP contribution in [0.1, 0.15) is 154 Å². The van der Waals surface area contributed by atoms with E-state index in [4.69, 9.17) is 0 Å². The van der Waals surface area contributed by atoms with Gasteiger partial charge < -0.3 is 4.57 Å². The molecule has 0 amide bonds. The maximum atomic E-state index is 2.58. The van der Waals surface area contributed by atoms with Crippen LogP contribution in [0.3, 0.4) is 0 Å². The van der Waals surface area contributed by atoms with Crippen LogP contribution in [0.25, 0.3) is 38.6 Å². The lowest BCUT2D eigenvalue weighted by atomic mass is 9.76. The van der Waals surface area contributed by atoms with Crippen LogP contribution in [-0.2, 0) is 27.1 Å². The lowest BCUT2D eigenvalue weighted by Gasteiger charge is -2.31. The molecule has 0 saturated heterocycles. The summed E-state index contributed by atoms with van der Waals surface area (Å²) >= 11 is 0. The fourth-order valence-corrected chi connectivity index (χ4v) is 8.54. The third-order valence-corrected chi connectivity index (χ3v) is 11.6. The van der Waals surface area contributed by atoms with E-state index in [1.165, 1.54) is 83.1 Å².